The Morgan fingerprint density at radius 1 is 0.579 bits per heavy atom. The molecule has 0 heterocycles. The van der Waals surface area contributed by atoms with E-state index in [-0.39, 0.29) is 25.2 Å². The van der Waals surface area contributed by atoms with E-state index in [4.69, 9.17) is 9.47 Å². The van der Waals surface area contributed by atoms with Gasteiger partial charge in [0.2, 0.25) is 0 Å². The third-order valence-electron chi connectivity index (χ3n) is 7.06. The fourth-order valence-electron chi connectivity index (χ4n) is 4.55. The summed E-state index contributed by atoms with van der Waals surface area (Å²) in [6.07, 6.45) is 31.2. The fraction of sp³-hybridized carbons (Fsp3) is 0.879. The van der Waals surface area contributed by atoms with Crippen LogP contribution in [0, 0.1) is 0 Å². The Bertz CT molecular complexity index is 546. The number of esters is 2. The van der Waals surface area contributed by atoms with Crippen molar-refractivity contribution >= 4 is 11.9 Å². The highest BCUT2D eigenvalue weighted by Gasteiger charge is 2.16. The average molecular weight is 539 g/mol. The molecule has 0 unspecified atom stereocenters. The van der Waals surface area contributed by atoms with Crippen molar-refractivity contribution in [2.75, 3.05) is 13.2 Å². The summed E-state index contributed by atoms with van der Waals surface area (Å²) in [7, 11) is 0. The van der Waals surface area contributed by atoms with E-state index in [2.05, 4.69) is 26.0 Å². The summed E-state index contributed by atoms with van der Waals surface area (Å²) in [5.41, 5.74) is 0. The first-order chi connectivity index (χ1) is 18.6. The Hall–Kier alpha value is -1.36. The minimum Gasteiger partial charge on any atom is -0.462 e. The van der Waals surface area contributed by atoms with Crippen LogP contribution in [0.5, 0.6) is 0 Å². The smallest absolute Gasteiger partial charge is 0.306 e. The number of rotatable bonds is 29. The van der Waals surface area contributed by atoms with Crippen molar-refractivity contribution in [3.63, 3.8) is 0 Å². The van der Waals surface area contributed by atoms with Gasteiger partial charge in [-0.2, -0.15) is 0 Å². The molecule has 0 saturated heterocycles. The standard InChI is InChI=1S/C33H62O5/c1-3-5-7-9-11-13-15-16-17-18-20-21-23-25-27-32(35)37-30-31(29-34)38-33(36)28-26-24-22-19-14-12-10-8-6-4-2/h15-16,31,34H,3-14,17-30H2,1-2H3/b16-15+/t31-/m0/s1. The summed E-state index contributed by atoms with van der Waals surface area (Å²) in [4.78, 5) is 24.0. The molecule has 224 valence electrons. The largest absolute Gasteiger partial charge is 0.462 e. The van der Waals surface area contributed by atoms with E-state index in [0.29, 0.717) is 12.8 Å². The van der Waals surface area contributed by atoms with Crippen molar-refractivity contribution in [3.8, 4) is 0 Å². The van der Waals surface area contributed by atoms with Gasteiger partial charge >= 0.3 is 11.9 Å². The van der Waals surface area contributed by atoms with E-state index in [1.165, 1.54) is 96.3 Å². The number of unbranched alkanes of at least 4 members (excludes halogenated alkanes) is 19. The first kappa shape index (κ1) is 36.6. The molecule has 0 radical (unpaired) electrons. The molecule has 0 rings (SSSR count). The highest BCUT2D eigenvalue weighted by Crippen LogP contribution is 2.13. The van der Waals surface area contributed by atoms with Crippen LogP contribution in [0.1, 0.15) is 168 Å². The summed E-state index contributed by atoms with van der Waals surface area (Å²) in [5.74, 6) is -0.599. The van der Waals surface area contributed by atoms with Crippen LogP contribution in [0.2, 0.25) is 0 Å². The van der Waals surface area contributed by atoms with Gasteiger partial charge in [-0.15, -0.1) is 0 Å². The molecule has 1 atom stereocenters. The van der Waals surface area contributed by atoms with Crippen molar-refractivity contribution < 1.29 is 24.2 Å². The number of aliphatic hydroxyl groups is 1. The second-order valence-electron chi connectivity index (χ2n) is 10.9. The Morgan fingerprint density at radius 2 is 0.974 bits per heavy atom. The van der Waals surface area contributed by atoms with Crippen LogP contribution in [0.3, 0.4) is 0 Å². The van der Waals surface area contributed by atoms with Gasteiger partial charge in [0.05, 0.1) is 6.61 Å². The highest BCUT2D eigenvalue weighted by atomic mass is 16.6. The molecule has 0 aromatic heterocycles. The number of ether oxygens (including phenoxy) is 2. The maximum Gasteiger partial charge on any atom is 0.306 e. The van der Waals surface area contributed by atoms with Gasteiger partial charge in [-0.1, -0.05) is 129 Å². The number of hydrogen-bond donors (Lipinski definition) is 1. The molecule has 1 N–H and O–H groups in total. The zero-order chi connectivity index (χ0) is 27.9. The lowest BCUT2D eigenvalue weighted by Crippen LogP contribution is -2.28. The molecule has 5 heteroatoms. The van der Waals surface area contributed by atoms with Crippen molar-refractivity contribution in [2.45, 2.75) is 174 Å². The molecular weight excluding hydrogens is 476 g/mol. The number of allylic oxidation sites excluding steroid dienone is 2. The van der Waals surface area contributed by atoms with Gasteiger partial charge in [-0.3, -0.25) is 9.59 Å². The molecule has 0 aliphatic heterocycles. The summed E-state index contributed by atoms with van der Waals surface area (Å²) < 4.78 is 10.5. The van der Waals surface area contributed by atoms with Crippen molar-refractivity contribution in [2.24, 2.45) is 0 Å². The lowest BCUT2D eigenvalue weighted by atomic mass is 10.1. The first-order valence-corrected chi connectivity index (χ1v) is 16.2. The Kier molecular flexibility index (Phi) is 29.1. The summed E-state index contributed by atoms with van der Waals surface area (Å²) in [6.45, 7) is 4.09. The SMILES string of the molecule is CCCCCCC/C=C/CCCCCCCC(=O)OC[C@H](CO)OC(=O)CCCCCCCCCCCC. The van der Waals surface area contributed by atoms with E-state index in [1.807, 2.05) is 0 Å². The summed E-state index contributed by atoms with van der Waals surface area (Å²) in [5, 5.41) is 9.47. The number of hydrogen-bond acceptors (Lipinski definition) is 5. The fourth-order valence-corrected chi connectivity index (χ4v) is 4.55. The summed E-state index contributed by atoms with van der Waals surface area (Å²) in [6, 6.07) is 0. The number of carbonyl (C=O) groups is 2. The maximum atomic E-state index is 12.0. The third kappa shape index (κ3) is 27.7. The van der Waals surface area contributed by atoms with Crippen LogP contribution >= 0.6 is 0 Å². The lowest BCUT2D eigenvalue weighted by molar-refractivity contribution is -0.161. The second kappa shape index (κ2) is 30.2. The van der Waals surface area contributed by atoms with Gasteiger partial charge in [-0.05, 0) is 38.5 Å². The van der Waals surface area contributed by atoms with Gasteiger partial charge in [0.25, 0.3) is 0 Å². The maximum absolute atomic E-state index is 12.0. The molecule has 0 spiro atoms. The Labute approximate surface area is 235 Å². The Morgan fingerprint density at radius 3 is 1.42 bits per heavy atom. The highest BCUT2D eigenvalue weighted by molar-refractivity contribution is 5.70. The summed E-state index contributed by atoms with van der Waals surface area (Å²) >= 11 is 0. The number of aliphatic hydroxyl groups excluding tert-OH is 1. The molecule has 0 aromatic rings. The van der Waals surface area contributed by atoms with Gasteiger partial charge in [0.1, 0.15) is 6.61 Å². The van der Waals surface area contributed by atoms with E-state index in [9.17, 15) is 14.7 Å². The second-order valence-corrected chi connectivity index (χ2v) is 10.9. The van der Waals surface area contributed by atoms with Crippen molar-refractivity contribution in [3.05, 3.63) is 12.2 Å². The first-order valence-electron chi connectivity index (χ1n) is 16.2. The molecule has 0 fully saturated rings. The monoisotopic (exact) mass is 538 g/mol. The quantitative estimate of drug-likeness (QED) is 0.0583. The van der Waals surface area contributed by atoms with Crippen LogP contribution in [-0.2, 0) is 19.1 Å². The molecule has 0 aliphatic rings. The molecule has 0 aromatic carbocycles. The molecule has 0 aliphatic carbocycles. The molecule has 5 nitrogen and oxygen atoms in total. The zero-order valence-electron chi connectivity index (χ0n) is 25.2. The normalized spacial score (nSPS) is 12.2. The van der Waals surface area contributed by atoms with Crippen LogP contribution < -0.4 is 0 Å². The van der Waals surface area contributed by atoms with E-state index >= 15 is 0 Å². The molecular formula is C33H62O5. The van der Waals surface area contributed by atoms with Gasteiger partial charge in [-0.25, -0.2) is 0 Å². The van der Waals surface area contributed by atoms with Gasteiger partial charge in [0.15, 0.2) is 6.10 Å². The average Bonchev–Trinajstić information content (AvgIpc) is 2.92. The molecule has 0 bridgehead atoms. The van der Waals surface area contributed by atoms with Crippen LogP contribution in [-0.4, -0.2) is 36.4 Å². The van der Waals surface area contributed by atoms with Gasteiger partial charge < -0.3 is 14.6 Å². The van der Waals surface area contributed by atoms with E-state index in [0.717, 1.165) is 44.9 Å². The lowest BCUT2D eigenvalue weighted by Gasteiger charge is -2.15. The molecule has 0 saturated carbocycles. The van der Waals surface area contributed by atoms with Crippen molar-refractivity contribution in [1.82, 2.24) is 0 Å². The van der Waals surface area contributed by atoms with E-state index < -0.39 is 6.10 Å². The Balaban J connectivity index is 3.58. The predicted octanol–water partition coefficient (Wildman–Crippen LogP) is 9.39. The predicted molar refractivity (Wildman–Crippen MR) is 159 cm³/mol. The minimum absolute atomic E-state index is 0.0654. The molecule has 0 amide bonds. The zero-order valence-corrected chi connectivity index (χ0v) is 25.2. The van der Waals surface area contributed by atoms with Crippen LogP contribution in [0.4, 0.5) is 0 Å². The third-order valence-corrected chi connectivity index (χ3v) is 7.06. The minimum atomic E-state index is -0.765. The van der Waals surface area contributed by atoms with E-state index in [1.54, 1.807) is 0 Å². The van der Waals surface area contributed by atoms with Gasteiger partial charge in [0, 0.05) is 12.8 Å². The van der Waals surface area contributed by atoms with Crippen molar-refractivity contribution in [1.29, 1.82) is 0 Å². The van der Waals surface area contributed by atoms with Crippen LogP contribution in [0.15, 0.2) is 12.2 Å². The van der Waals surface area contributed by atoms with Crippen LogP contribution in [0.25, 0.3) is 0 Å². The topological polar surface area (TPSA) is 72.8 Å². The molecule has 38 heavy (non-hydrogen) atoms. The number of carbonyl (C=O) groups excluding carboxylic acids is 2.